The van der Waals surface area contributed by atoms with Crippen molar-refractivity contribution in [3.05, 3.63) is 35.9 Å². The maximum absolute atomic E-state index is 11.5. The van der Waals surface area contributed by atoms with Crippen LogP contribution in [0.3, 0.4) is 0 Å². The number of nitrogens with one attached hydrogen (secondary N) is 2. The van der Waals surface area contributed by atoms with E-state index < -0.39 is 5.91 Å². The Kier molecular flexibility index (Phi) is 4.90. The summed E-state index contributed by atoms with van der Waals surface area (Å²) in [6.45, 7) is 4.62. The third-order valence-electron chi connectivity index (χ3n) is 3.01. The molecule has 20 heavy (non-hydrogen) atoms. The van der Waals surface area contributed by atoms with Crippen LogP contribution in [0.1, 0.15) is 23.7 Å². The van der Waals surface area contributed by atoms with Crippen LogP contribution in [-0.4, -0.2) is 30.5 Å². The molecule has 0 aliphatic heterocycles. The number of hydrogen-bond acceptors (Lipinski definition) is 4. The van der Waals surface area contributed by atoms with Gasteiger partial charge in [0.2, 0.25) is 0 Å². The minimum Gasteiger partial charge on any atom is -0.368 e. The number of hydrogen-bond donors (Lipinski definition) is 3. The lowest BCUT2D eigenvalue weighted by atomic mass is 10.1. The molecule has 106 valence electrons. The van der Waals surface area contributed by atoms with Crippen molar-refractivity contribution in [2.75, 3.05) is 25.0 Å². The molecule has 0 spiro atoms. The summed E-state index contributed by atoms with van der Waals surface area (Å²) in [6, 6.07) is 9.46. The van der Waals surface area contributed by atoms with Gasteiger partial charge in [-0.3, -0.25) is 4.79 Å². The lowest BCUT2D eigenvalue weighted by molar-refractivity contribution is 0.100. The van der Waals surface area contributed by atoms with E-state index in [1.54, 1.807) is 6.07 Å². The van der Waals surface area contributed by atoms with Gasteiger partial charge in [0.15, 0.2) is 0 Å². The Morgan fingerprint density at radius 2 is 2.05 bits per heavy atom. The van der Waals surface area contributed by atoms with E-state index in [0.29, 0.717) is 17.9 Å². The van der Waals surface area contributed by atoms with Gasteiger partial charge in [-0.15, -0.1) is 0 Å². The largest absolute Gasteiger partial charge is 0.368 e. The molecule has 1 aromatic heterocycles. The van der Waals surface area contributed by atoms with Crippen LogP contribution >= 0.6 is 0 Å². The van der Waals surface area contributed by atoms with Crippen molar-refractivity contribution < 1.29 is 4.79 Å². The van der Waals surface area contributed by atoms with Gasteiger partial charge < -0.3 is 16.4 Å². The summed E-state index contributed by atoms with van der Waals surface area (Å²) in [4.78, 5) is 16.0. The summed E-state index contributed by atoms with van der Waals surface area (Å²) in [5.74, 6) is 0.0850. The summed E-state index contributed by atoms with van der Waals surface area (Å²) >= 11 is 0. The van der Waals surface area contributed by atoms with E-state index >= 15 is 0 Å². The highest BCUT2D eigenvalue weighted by Gasteiger charge is 2.11. The van der Waals surface area contributed by atoms with Crippen molar-refractivity contribution >= 4 is 22.6 Å². The highest BCUT2D eigenvalue weighted by Crippen LogP contribution is 2.19. The lowest BCUT2D eigenvalue weighted by Crippen LogP contribution is -2.24. The van der Waals surface area contributed by atoms with Crippen molar-refractivity contribution in [3.63, 3.8) is 0 Å². The molecule has 2 rings (SSSR count). The Balaban J connectivity index is 2.17. The molecule has 2 aromatic rings. The van der Waals surface area contributed by atoms with Crippen molar-refractivity contribution in [1.82, 2.24) is 10.3 Å². The Morgan fingerprint density at radius 3 is 2.80 bits per heavy atom. The summed E-state index contributed by atoms with van der Waals surface area (Å²) in [5.41, 5.74) is 6.70. The number of pyridine rings is 1. The van der Waals surface area contributed by atoms with E-state index in [-0.39, 0.29) is 0 Å². The van der Waals surface area contributed by atoms with Crippen LogP contribution in [0.4, 0.5) is 5.82 Å². The highest BCUT2D eigenvalue weighted by molar-refractivity contribution is 6.01. The first-order chi connectivity index (χ1) is 9.72. The van der Waals surface area contributed by atoms with Gasteiger partial charge in [-0.25, -0.2) is 4.98 Å². The number of amides is 1. The Hall–Kier alpha value is -2.14. The highest BCUT2D eigenvalue weighted by atomic mass is 16.1. The van der Waals surface area contributed by atoms with E-state index in [0.717, 1.165) is 30.4 Å². The molecule has 0 saturated heterocycles. The zero-order chi connectivity index (χ0) is 14.4. The summed E-state index contributed by atoms with van der Waals surface area (Å²) in [7, 11) is 0. The number of primary amides is 1. The standard InChI is InChI=1S/C15H20N4O/c1-2-7-17-8-9-18-15-12(14(16)20)10-11-5-3-4-6-13(11)19-15/h3-6,10,17H,2,7-9H2,1H3,(H2,16,20)(H,18,19). The molecule has 0 aliphatic carbocycles. The fraction of sp³-hybridized carbons (Fsp3) is 0.333. The zero-order valence-corrected chi connectivity index (χ0v) is 11.6. The number of para-hydroxylation sites is 1. The fourth-order valence-electron chi connectivity index (χ4n) is 2.01. The van der Waals surface area contributed by atoms with Crippen LogP contribution in [0.5, 0.6) is 0 Å². The quantitative estimate of drug-likeness (QED) is 0.671. The van der Waals surface area contributed by atoms with Crippen LogP contribution in [0.2, 0.25) is 0 Å². The zero-order valence-electron chi connectivity index (χ0n) is 11.6. The second-order valence-electron chi connectivity index (χ2n) is 4.62. The molecule has 0 saturated carbocycles. The van der Waals surface area contributed by atoms with Crippen molar-refractivity contribution in [3.8, 4) is 0 Å². The third kappa shape index (κ3) is 3.45. The predicted octanol–water partition coefficient (Wildman–Crippen LogP) is 1.75. The van der Waals surface area contributed by atoms with Gasteiger partial charge in [-0.1, -0.05) is 25.1 Å². The number of nitrogens with two attached hydrogens (primary N) is 1. The molecule has 5 nitrogen and oxygen atoms in total. The van der Waals surface area contributed by atoms with Crippen molar-refractivity contribution in [2.45, 2.75) is 13.3 Å². The van der Waals surface area contributed by atoms with E-state index in [9.17, 15) is 4.79 Å². The number of aromatic nitrogens is 1. The van der Waals surface area contributed by atoms with E-state index in [1.165, 1.54) is 0 Å². The topological polar surface area (TPSA) is 80.0 Å². The van der Waals surface area contributed by atoms with Crippen molar-refractivity contribution in [1.29, 1.82) is 0 Å². The van der Waals surface area contributed by atoms with Gasteiger partial charge in [-0.2, -0.15) is 0 Å². The maximum Gasteiger partial charge on any atom is 0.252 e. The molecular formula is C15H20N4O. The normalized spacial score (nSPS) is 10.7. The predicted molar refractivity (Wildman–Crippen MR) is 81.9 cm³/mol. The van der Waals surface area contributed by atoms with E-state index in [1.807, 2.05) is 24.3 Å². The van der Waals surface area contributed by atoms with E-state index in [4.69, 9.17) is 5.73 Å². The number of carbonyl (C=O) groups excluding carboxylic acids is 1. The molecule has 0 fully saturated rings. The van der Waals surface area contributed by atoms with Gasteiger partial charge in [0, 0.05) is 18.5 Å². The number of anilines is 1. The monoisotopic (exact) mass is 272 g/mol. The van der Waals surface area contributed by atoms with Gasteiger partial charge in [0.25, 0.3) is 5.91 Å². The molecule has 5 heteroatoms. The van der Waals surface area contributed by atoms with Gasteiger partial charge in [0.1, 0.15) is 5.82 Å². The minimum atomic E-state index is -0.465. The number of rotatable bonds is 7. The Morgan fingerprint density at radius 1 is 1.25 bits per heavy atom. The number of carbonyl (C=O) groups is 1. The third-order valence-corrected chi connectivity index (χ3v) is 3.01. The SMILES string of the molecule is CCCNCCNc1nc2ccccc2cc1C(N)=O. The molecule has 1 amide bonds. The van der Waals surface area contributed by atoms with Crippen LogP contribution < -0.4 is 16.4 Å². The molecule has 0 radical (unpaired) electrons. The van der Waals surface area contributed by atoms with Crippen LogP contribution in [0.15, 0.2) is 30.3 Å². The summed E-state index contributed by atoms with van der Waals surface area (Å²) < 4.78 is 0. The first-order valence-corrected chi connectivity index (χ1v) is 6.86. The average molecular weight is 272 g/mol. The van der Waals surface area contributed by atoms with Crippen LogP contribution in [0, 0.1) is 0 Å². The fourth-order valence-corrected chi connectivity index (χ4v) is 2.01. The summed E-state index contributed by atoms with van der Waals surface area (Å²) in [6.07, 6.45) is 1.10. The van der Waals surface area contributed by atoms with E-state index in [2.05, 4.69) is 22.5 Å². The van der Waals surface area contributed by atoms with Crippen molar-refractivity contribution in [2.24, 2.45) is 5.73 Å². The molecule has 0 unspecified atom stereocenters. The molecule has 4 N–H and O–H groups in total. The van der Waals surface area contributed by atoms with Gasteiger partial charge in [-0.05, 0) is 25.1 Å². The molecule has 1 heterocycles. The summed E-state index contributed by atoms with van der Waals surface area (Å²) in [5, 5.41) is 7.37. The maximum atomic E-state index is 11.5. The smallest absolute Gasteiger partial charge is 0.252 e. The Bertz CT molecular complexity index is 597. The minimum absolute atomic E-state index is 0.430. The molecule has 0 atom stereocenters. The number of nitrogens with zero attached hydrogens (tertiary/aromatic N) is 1. The first-order valence-electron chi connectivity index (χ1n) is 6.86. The number of fused-ring (bicyclic) bond motifs is 1. The lowest BCUT2D eigenvalue weighted by Gasteiger charge is -2.11. The Labute approximate surface area is 118 Å². The second-order valence-corrected chi connectivity index (χ2v) is 4.62. The second kappa shape index (κ2) is 6.86. The molecule has 0 aliphatic rings. The van der Waals surface area contributed by atoms with Gasteiger partial charge in [0.05, 0.1) is 11.1 Å². The molecular weight excluding hydrogens is 252 g/mol. The molecule has 1 aromatic carbocycles. The average Bonchev–Trinajstić information content (AvgIpc) is 2.46. The first kappa shape index (κ1) is 14.3. The number of benzene rings is 1. The van der Waals surface area contributed by atoms with Crippen LogP contribution in [-0.2, 0) is 0 Å². The van der Waals surface area contributed by atoms with Crippen LogP contribution in [0.25, 0.3) is 10.9 Å². The molecule has 0 bridgehead atoms. The van der Waals surface area contributed by atoms with Gasteiger partial charge >= 0.3 is 0 Å².